The number of aryl methyl sites for hydroxylation is 1. The zero-order valence-electron chi connectivity index (χ0n) is 11.0. The van der Waals surface area contributed by atoms with Crippen molar-refractivity contribution < 1.29 is 9.53 Å². The van der Waals surface area contributed by atoms with Crippen LogP contribution in [0.1, 0.15) is 23.9 Å². The lowest BCUT2D eigenvalue weighted by molar-refractivity contribution is -0.143. The van der Waals surface area contributed by atoms with Gasteiger partial charge in [-0.1, -0.05) is 0 Å². The summed E-state index contributed by atoms with van der Waals surface area (Å²) in [5.74, 6) is -0.168. The minimum atomic E-state index is -0.168. The lowest BCUT2D eigenvalue weighted by atomic mass is 10.2. The van der Waals surface area contributed by atoms with Crippen molar-refractivity contribution in [1.29, 1.82) is 0 Å². The highest BCUT2D eigenvalue weighted by Crippen LogP contribution is 2.22. The molecule has 0 amide bonds. The van der Waals surface area contributed by atoms with Gasteiger partial charge in [0.25, 0.3) is 0 Å². The standard InChI is InChI=1S/C13H15BrN2O2S2/c1-2-18-12(17)4-3-10-8-20-13(16-10)15-6-11-5-9(14)7-19-11/h5,7-8H,2-4,6H2,1H3,(H,15,16). The van der Waals surface area contributed by atoms with Crippen LogP contribution in [0.5, 0.6) is 0 Å². The third-order valence-corrected chi connectivity index (χ3v) is 5.02. The minimum absolute atomic E-state index is 0.168. The molecule has 108 valence electrons. The molecule has 7 heteroatoms. The number of nitrogens with one attached hydrogen (secondary N) is 1. The lowest BCUT2D eigenvalue weighted by Crippen LogP contribution is -2.05. The van der Waals surface area contributed by atoms with Crippen LogP contribution in [0.2, 0.25) is 0 Å². The largest absolute Gasteiger partial charge is 0.466 e. The Bertz CT molecular complexity index is 568. The Labute approximate surface area is 134 Å². The number of ether oxygens (including phenoxy) is 1. The summed E-state index contributed by atoms with van der Waals surface area (Å²) in [6.07, 6.45) is 1.01. The van der Waals surface area contributed by atoms with E-state index in [0.29, 0.717) is 19.4 Å². The Morgan fingerprint density at radius 1 is 1.45 bits per heavy atom. The molecular formula is C13H15BrN2O2S2. The zero-order valence-corrected chi connectivity index (χ0v) is 14.2. The van der Waals surface area contributed by atoms with Gasteiger partial charge in [0, 0.05) is 26.5 Å². The molecule has 4 nitrogen and oxygen atoms in total. The number of carbonyl (C=O) groups is 1. The van der Waals surface area contributed by atoms with Crippen LogP contribution >= 0.6 is 38.6 Å². The molecule has 0 saturated carbocycles. The quantitative estimate of drug-likeness (QED) is 0.741. The Hall–Kier alpha value is -0.920. The molecule has 20 heavy (non-hydrogen) atoms. The summed E-state index contributed by atoms with van der Waals surface area (Å²) in [5.41, 5.74) is 0.929. The van der Waals surface area contributed by atoms with Gasteiger partial charge in [0.15, 0.2) is 5.13 Å². The van der Waals surface area contributed by atoms with Gasteiger partial charge in [0.1, 0.15) is 0 Å². The average Bonchev–Trinajstić information content (AvgIpc) is 3.03. The average molecular weight is 375 g/mol. The molecule has 0 unspecified atom stereocenters. The predicted molar refractivity (Wildman–Crippen MR) is 86.4 cm³/mol. The number of esters is 1. The number of aromatic nitrogens is 1. The van der Waals surface area contributed by atoms with Crippen molar-refractivity contribution in [3.8, 4) is 0 Å². The summed E-state index contributed by atoms with van der Waals surface area (Å²) in [4.78, 5) is 17.0. The van der Waals surface area contributed by atoms with Crippen LogP contribution in [-0.4, -0.2) is 17.6 Å². The van der Waals surface area contributed by atoms with Gasteiger partial charge in [0.05, 0.1) is 25.3 Å². The van der Waals surface area contributed by atoms with E-state index in [4.69, 9.17) is 4.74 Å². The maximum absolute atomic E-state index is 11.3. The molecule has 0 aliphatic heterocycles. The molecule has 1 N–H and O–H groups in total. The molecule has 2 heterocycles. The summed E-state index contributed by atoms with van der Waals surface area (Å²) in [7, 11) is 0. The molecule has 0 radical (unpaired) electrons. The van der Waals surface area contributed by atoms with Gasteiger partial charge < -0.3 is 10.1 Å². The molecular weight excluding hydrogens is 360 g/mol. The Morgan fingerprint density at radius 3 is 3.00 bits per heavy atom. The van der Waals surface area contributed by atoms with Crippen molar-refractivity contribution in [2.45, 2.75) is 26.3 Å². The summed E-state index contributed by atoms with van der Waals surface area (Å²) in [5, 5.41) is 8.21. The summed E-state index contributed by atoms with van der Waals surface area (Å²) in [6, 6.07) is 2.09. The van der Waals surface area contributed by atoms with Gasteiger partial charge in [0.2, 0.25) is 0 Å². The van der Waals surface area contributed by atoms with Crippen LogP contribution in [0.3, 0.4) is 0 Å². The highest BCUT2D eigenvalue weighted by atomic mass is 79.9. The van der Waals surface area contributed by atoms with Crippen molar-refractivity contribution in [3.63, 3.8) is 0 Å². The first-order chi connectivity index (χ1) is 9.67. The molecule has 2 aromatic heterocycles. The first-order valence-electron chi connectivity index (χ1n) is 6.24. The third-order valence-electron chi connectivity index (χ3n) is 2.48. The van der Waals surface area contributed by atoms with Gasteiger partial charge in [-0.2, -0.15) is 0 Å². The van der Waals surface area contributed by atoms with Crippen molar-refractivity contribution in [3.05, 3.63) is 31.9 Å². The topological polar surface area (TPSA) is 51.2 Å². The Balaban J connectivity index is 1.78. The van der Waals surface area contributed by atoms with Crippen molar-refractivity contribution in [2.24, 2.45) is 0 Å². The lowest BCUT2D eigenvalue weighted by Gasteiger charge is -2.00. The fourth-order valence-electron chi connectivity index (χ4n) is 1.58. The van der Waals surface area contributed by atoms with Gasteiger partial charge in [-0.3, -0.25) is 4.79 Å². The number of rotatable bonds is 7. The maximum Gasteiger partial charge on any atom is 0.306 e. The smallest absolute Gasteiger partial charge is 0.306 e. The molecule has 0 aliphatic rings. The normalized spacial score (nSPS) is 10.5. The van der Waals surface area contributed by atoms with Crippen LogP contribution in [0.4, 0.5) is 5.13 Å². The second-order valence-corrected chi connectivity index (χ2v) is 6.80. The number of nitrogens with zero attached hydrogens (tertiary/aromatic N) is 1. The number of carbonyl (C=O) groups excluding carboxylic acids is 1. The van der Waals surface area contributed by atoms with Gasteiger partial charge >= 0.3 is 5.97 Å². The first-order valence-corrected chi connectivity index (χ1v) is 8.79. The fraction of sp³-hybridized carbons (Fsp3) is 0.385. The van der Waals surface area contributed by atoms with Crippen molar-refractivity contribution in [1.82, 2.24) is 4.98 Å². The molecule has 0 aliphatic carbocycles. The number of hydrogen-bond donors (Lipinski definition) is 1. The third kappa shape index (κ3) is 4.88. The molecule has 0 spiro atoms. The molecule has 0 atom stereocenters. The van der Waals surface area contributed by atoms with E-state index in [0.717, 1.165) is 21.8 Å². The number of anilines is 1. The van der Waals surface area contributed by atoms with Crippen molar-refractivity contribution in [2.75, 3.05) is 11.9 Å². The van der Waals surface area contributed by atoms with Crippen LogP contribution < -0.4 is 5.32 Å². The first kappa shape index (κ1) is 15.5. The van der Waals surface area contributed by atoms with Crippen LogP contribution in [0, 0.1) is 0 Å². The summed E-state index contributed by atoms with van der Waals surface area (Å²) in [6.45, 7) is 3.01. The van der Waals surface area contributed by atoms with Crippen LogP contribution in [-0.2, 0) is 22.5 Å². The number of hydrogen-bond acceptors (Lipinski definition) is 6. The molecule has 0 fully saturated rings. The van der Waals surface area contributed by atoms with E-state index in [1.54, 1.807) is 22.7 Å². The number of thiophene rings is 1. The van der Waals surface area contributed by atoms with Crippen LogP contribution in [0.15, 0.2) is 21.3 Å². The van der Waals surface area contributed by atoms with E-state index < -0.39 is 0 Å². The van der Waals surface area contributed by atoms with E-state index >= 15 is 0 Å². The van der Waals surface area contributed by atoms with Gasteiger partial charge in [-0.15, -0.1) is 22.7 Å². The van der Waals surface area contributed by atoms with Crippen LogP contribution in [0.25, 0.3) is 0 Å². The second kappa shape index (κ2) is 7.75. The molecule has 0 aromatic carbocycles. The Morgan fingerprint density at radius 2 is 2.30 bits per heavy atom. The molecule has 0 bridgehead atoms. The highest BCUT2D eigenvalue weighted by molar-refractivity contribution is 9.10. The second-order valence-electron chi connectivity index (χ2n) is 4.03. The van der Waals surface area contributed by atoms with E-state index in [1.165, 1.54) is 4.88 Å². The monoisotopic (exact) mass is 374 g/mol. The van der Waals surface area contributed by atoms with E-state index in [1.807, 2.05) is 12.3 Å². The minimum Gasteiger partial charge on any atom is -0.466 e. The van der Waals surface area contributed by atoms with E-state index in [2.05, 4.69) is 37.7 Å². The SMILES string of the molecule is CCOC(=O)CCc1csc(NCc2cc(Br)cs2)n1. The summed E-state index contributed by atoms with van der Waals surface area (Å²) >= 11 is 6.70. The zero-order chi connectivity index (χ0) is 14.4. The number of halogens is 1. The van der Waals surface area contributed by atoms with Gasteiger partial charge in [-0.05, 0) is 28.9 Å². The molecule has 2 aromatic rings. The number of thiazole rings is 1. The van der Waals surface area contributed by atoms with E-state index in [9.17, 15) is 4.79 Å². The predicted octanol–water partition coefficient (Wildman–Crippen LogP) is 4.07. The Kier molecular flexibility index (Phi) is 6.00. The molecule has 0 saturated heterocycles. The summed E-state index contributed by atoms with van der Waals surface area (Å²) < 4.78 is 6.00. The fourth-order valence-corrected chi connectivity index (χ4v) is 3.71. The molecule has 2 rings (SSSR count). The maximum atomic E-state index is 11.3. The van der Waals surface area contributed by atoms with E-state index in [-0.39, 0.29) is 5.97 Å². The van der Waals surface area contributed by atoms with Crippen molar-refractivity contribution >= 4 is 49.7 Å². The highest BCUT2D eigenvalue weighted by Gasteiger charge is 2.06. The van der Waals surface area contributed by atoms with Gasteiger partial charge in [-0.25, -0.2) is 4.98 Å².